The van der Waals surface area contributed by atoms with E-state index in [1.807, 2.05) is 0 Å². The quantitative estimate of drug-likeness (QED) is 0.849. The van der Waals surface area contributed by atoms with E-state index in [0.717, 1.165) is 13.0 Å². The normalized spacial score (nSPS) is 9.83. The molecule has 0 aromatic carbocycles. The molecular formula is C8H10INOS. The molecule has 0 aliphatic rings. The predicted octanol–water partition coefficient (Wildman–Crippen LogP) is 2.03. The van der Waals surface area contributed by atoms with E-state index in [0.29, 0.717) is 0 Å². The lowest BCUT2D eigenvalue weighted by molar-refractivity contribution is -0.118. The molecule has 4 heteroatoms. The number of nitrogens with one attached hydrogen (secondary N) is 1. The third-order valence-electron chi connectivity index (χ3n) is 1.37. The summed E-state index contributed by atoms with van der Waals surface area (Å²) >= 11 is 4.07. The molecule has 1 rings (SSSR count). The third-order valence-corrected chi connectivity index (χ3v) is 3.33. The zero-order chi connectivity index (χ0) is 8.97. The van der Waals surface area contributed by atoms with Crippen LogP contribution in [-0.4, -0.2) is 12.5 Å². The smallest absolute Gasteiger partial charge is 0.216 e. The standard InChI is InChI=1S/C8H10INOS/c1-6(11)10-5-4-7-2-3-8(9)12-7/h2-3H,4-5H2,1H3,(H,10,11). The first-order valence-corrected chi connectivity index (χ1v) is 5.56. The van der Waals surface area contributed by atoms with E-state index in [2.05, 4.69) is 40.0 Å². The highest BCUT2D eigenvalue weighted by Gasteiger charge is 1.97. The van der Waals surface area contributed by atoms with Crippen molar-refractivity contribution in [3.63, 3.8) is 0 Å². The highest BCUT2D eigenvalue weighted by atomic mass is 127. The van der Waals surface area contributed by atoms with Gasteiger partial charge in [0.25, 0.3) is 0 Å². The third kappa shape index (κ3) is 3.53. The molecule has 0 radical (unpaired) electrons. The van der Waals surface area contributed by atoms with Crippen LogP contribution in [0.25, 0.3) is 0 Å². The Hall–Kier alpha value is -0.100. The van der Waals surface area contributed by atoms with E-state index >= 15 is 0 Å². The molecule has 0 atom stereocenters. The summed E-state index contributed by atoms with van der Waals surface area (Å²) in [5.41, 5.74) is 0. The van der Waals surface area contributed by atoms with Crippen LogP contribution in [0, 0.1) is 2.88 Å². The fourth-order valence-electron chi connectivity index (χ4n) is 0.848. The highest BCUT2D eigenvalue weighted by molar-refractivity contribution is 14.1. The number of thiophene rings is 1. The Morgan fingerprint density at radius 2 is 2.42 bits per heavy atom. The molecule has 1 heterocycles. The zero-order valence-electron chi connectivity index (χ0n) is 6.76. The monoisotopic (exact) mass is 295 g/mol. The van der Waals surface area contributed by atoms with E-state index in [1.54, 1.807) is 11.3 Å². The predicted molar refractivity (Wildman–Crippen MR) is 59.4 cm³/mol. The van der Waals surface area contributed by atoms with Gasteiger partial charge in [0, 0.05) is 18.3 Å². The van der Waals surface area contributed by atoms with Gasteiger partial charge in [-0.1, -0.05) is 0 Å². The summed E-state index contributed by atoms with van der Waals surface area (Å²) in [7, 11) is 0. The van der Waals surface area contributed by atoms with Gasteiger partial charge < -0.3 is 5.32 Å². The minimum Gasteiger partial charge on any atom is -0.356 e. The molecule has 1 N–H and O–H groups in total. The van der Waals surface area contributed by atoms with Crippen LogP contribution in [0.4, 0.5) is 0 Å². The van der Waals surface area contributed by atoms with Gasteiger partial charge in [0.05, 0.1) is 2.88 Å². The second-order valence-corrected chi connectivity index (χ2v) is 5.50. The molecule has 66 valence electrons. The summed E-state index contributed by atoms with van der Waals surface area (Å²) in [5.74, 6) is 0.0428. The summed E-state index contributed by atoms with van der Waals surface area (Å²) in [6.45, 7) is 2.28. The molecule has 0 spiro atoms. The first-order valence-electron chi connectivity index (χ1n) is 3.67. The number of hydrogen-bond acceptors (Lipinski definition) is 2. The van der Waals surface area contributed by atoms with Crippen molar-refractivity contribution in [2.24, 2.45) is 0 Å². The average Bonchev–Trinajstić information content (AvgIpc) is 2.35. The number of halogens is 1. The van der Waals surface area contributed by atoms with Crippen molar-refractivity contribution in [2.45, 2.75) is 13.3 Å². The lowest BCUT2D eigenvalue weighted by atomic mass is 10.3. The minimum absolute atomic E-state index is 0.0428. The molecule has 1 aromatic heterocycles. The van der Waals surface area contributed by atoms with E-state index in [1.165, 1.54) is 14.7 Å². The molecule has 0 bridgehead atoms. The summed E-state index contributed by atoms with van der Waals surface area (Å²) in [5, 5.41) is 2.77. The zero-order valence-corrected chi connectivity index (χ0v) is 9.74. The molecule has 0 saturated heterocycles. The Labute approximate surface area is 89.5 Å². The van der Waals surface area contributed by atoms with Crippen molar-refractivity contribution in [1.29, 1.82) is 0 Å². The summed E-state index contributed by atoms with van der Waals surface area (Å²) in [4.78, 5) is 11.9. The second-order valence-electron chi connectivity index (χ2n) is 2.44. The summed E-state index contributed by atoms with van der Waals surface area (Å²) in [6, 6.07) is 4.20. The number of rotatable bonds is 3. The molecule has 0 aliphatic heterocycles. The van der Waals surface area contributed by atoms with Crippen molar-refractivity contribution in [3.8, 4) is 0 Å². The molecule has 12 heavy (non-hydrogen) atoms. The second kappa shape index (κ2) is 4.81. The number of carbonyl (C=O) groups excluding carboxylic acids is 1. The Balaban J connectivity index is 2.29. The maximum atomic E-state index is 10.5. The van der Waals surface area contributed by atoms with Crippen LogP contribution in [0.5, 0.6) is 0 Å². The van der Waals surface area contributed by atoms with Crippen LogP contribution in [0.1, 0.15) is 11.8 Å². The molecule has 0 saturated carbocycles. The van der Waals surface area contributed by atoms with Crippen LogP contribution < -0.4 is 5.32 Å². The van der Waals surface area contributed by atoms with Gasteiger partial charge in [0.15, 0.2) is 0 Å². The van der Waals surface area contributed by atoms with Gasteiger partial charge in [-0.25, -0.2) is 0 Å². The summed E-state index contributed by atoms with van der Waals surface area (Å²) < 4.78 is 1.30. The summed E-state index contributed by atoms with van der Waals surface area (Å²) in [6.07, 6.45) is 0.938. The van der Waals surface area contributed by atoms with Crippen molar-refractivity contribution >= 4 is 39.8 Å². The molecule has 1 amide bonds. The van der Waals surface area contributed by atoms with Gasteiger partial charge >= 0.3 is 0 Å². The minimum atomic E-state index is 0.0428. The van der Waals surface area contributed by atoms with Gasteiger partial charge in [0.1, 0.15) is 0 Å². The van der Waals surface area contributed by atoms with Crippen LogP contribution in [0.15, 0.2) is 12.1 Å². The molecule has 2 nitrogen and oxygen atoms in total. The van der Waals surface area contributed by atoms with Gasteiger partial charge in [-0.05, 0) is 41.1 Å². The lowest BCUT2D eigenvalue weighted by Gasteiger charge is -1.98. The van der Waals surface area contributed by atoms with Crippen molar-refractivity contribution in [3.05, 3.63) is 19.9 Å². The average molecular weight is 295 g/mol. The van der Waals surface area contributed by atoms with E-state index in [-0.39, 0.29) is 5.91 Å². The van der Waals surface area contributed by atoms with Crippen LogP contribution in [-0.2, 0) is 11.2 Å². The Kier molecular flexibility index (Phi) is 4.00. The number of carbonyl (C=O) groups is 1. The van der Waals surface area contributed by atoms with Crippen molar-refractivity contribution in [1.82, 2.24) is 5.32 Å². The van der Waals surface area contributed by atoms with E-state index in [4.69, 9.17) is 0 Å². The molecular weight excluding hydrogens is 285 g/mol. The fraction of sp³-hybridized carbons (Fsp3) is 0.375. The SMILES string of the molecule is CC(=O)NCCc1ccc(I)s1. The van der Waals surface area contributed by atoms with Crippen molar-refractivity contribution in [2.75, 3.05) is 6.54 Å². The molecule has 0 aliphatic carbocycles. The van der Waals surface area contributed by atoms with E-state index < -0.39 is 0 Å². The van der Waals surface area contributed by atoms with Gasteiger partial charge in [0.2, 0.25) is 5.91 Å². The molecule has 0 fully saturated rings. The van der Waals surface area contributed by atoms with Crippen LogP contribution >= 0.6 is 33.9 Å². The van der Waals surface area contributed by atoms with Gasteiger partial charge in [-0.3, -0.25) is 4.79 Å². The van der Waals surface area contributed by atoms with Crippen molar-refractivity contribution < 1.29 is 4.79 Å². The fourth-order valence-corrected chi connectivity index (χ4v) is 2.60. The number of amides is 1. The van der Waals surface area contributed by atoms with Crippen LogP contribution in [0.2, 0.25) is 0 Å². The largest absolute Gasteiger partial charge is 0.356 e. The van der Waals surface area contributed by atoms with Gasteiger partial charge in [-0.2, -0.15) is 0 Å². The highest BCUT2D eigenvalue weighted by Crippen LogP contribution is 2.18. The van der Waals surface area contributed by atoms with E-state index in [9.17, 15) is 4.79 Å². The Morgan fingerprint density at radius 3 is 2.92 bits per heavy atom. The molecule has 0 unspecified atom stereocenters. The first kappa shape index (κ1) is 9.98. The Morgan fingerprint density at radius 1 is 1.67 bits per heavy atom. The number of hydrogen-bond donors (Lipinski definition) is 1. The maximum absolute atomic E-state index is 10.5. The molecule has 1 aromatic rings. The maximum Gasteiger partial charge on any atom is 0.216 e. The first-order chi connectivity index (χ1) is 5.68. The lowest BCUT2D eigenvalue weighted by Crippen LogP contribution is -2.21. The van der Waals surface area contributed by atoms with Crippen LogP contribution in [0.3, 0.4) is 0 Å². The Bertz CT molecular complexity index is 272. The van der Waals surface area contributed by atoms with Gasteiger partial charge in [-0.15, -0.1) is 11.3 Å². The topological polar surface area (TPSA) is 29.1 Å².